The number of hydrogen-bond acceptors (Lipinski definition) is 5. The van der Waals surface area contributed by atoms with Gasteiger partial charge in [-0.05, 0) is 44.6 Å². The standard InChI is InChI=1S/C13H23N5O2S2/c1-4-5-8-14-13(21)17-16-12-7-6-11(9-15-12)22(19,20)18-10(2)3/h6-7,9-10,18H,4-5,8H2,1-3H3,(H,15,16)(H2,14,17,21). The molecule has 0 fully saturated rings. The van der Waals surface area contributed by atoms with Crippen LogP contribution in [-0.4, -0.2) is 31.1 Å². The third-order valence-electron chi connectivity index (χ3n) is 2.56. The molecule has 0 unspecified atom stereocenters. The Morgan fingerprint density at radius 2 is 2.09 bits per heavy atom. The van der Waals surface area contributed by atoms with Gasteiger partial charge in [-0.1, -0.05) is 13.3 Å². The zero-order valence-electron chi connectivity index (χ0n) is 13.0. The molecule has 0 spiro atoms. The third-order valence-corrected chi connectivity index (χ3v) is 4.45. The molecule has 4 N–H and O–H groups in total. The van der Waals surface area contributed by atoms with E-state index in [4.69, 9.17) is 12.2 Å². The molecule has 0 saturated heterocycles. The van der Waals surface area contributed by atoms with E-state index >= 15 is 0 Å². The van der Waals surface area contributed by atoms with Crippen molar-refractivity contribution < 1.29 is 8.42 Å². The molecule has 0 radical (unpaired) electrons. The van der Waals surface area contributed by atoms with E-state index in [1.54, 1.807) is 19.9 Å². The molecule has 1 aromatic heterocycles. The largest absolute Gasteiger partial charge is 0.361 e. The SMILES string of the molecule is CCCCNC(=S)NNc1ccc(S(=O)(=O)NC(C)C)cn1. The smallest absolute Gasteiger partial charge is 0.242 e. The first-order valence-electron chi connectivity index (χ1n) is 7.13. The van der Waals surface area contributed by atoms with Crippen LogP contribution in [0.2, 0.25) is 0 Å². The quantitative estimate of drug-likeness (QED) is 0.321. The van der Waals surface area contributed by atoms with Crippen LogP contribution in [0.1, 0.15) is 33.6 Å². The van der Waals surface area contributed by atoms with Crippen molar-refractivity contribution in [2.75, 3.05) is 12.0 Å². The molecule has 0 bridgehead atoms. The van der Waals surface area contributed by atoms with E-state index in [0.29, 0.717) is 10.9 Å². The maximum atomic E-state index is 11.9. The number of nitrogens with zero attached hydrogens (tertiary/aromatic N) is 1. The average Bonchev–Trinajstić information content (AvgIpc) is 2.44. The lowest BCUT2D eigenvalue weighted by molar-refractivity contribution is 0.569. The zero-order valence-corrected chi connectivity index (χ0v) is 14.6. The summed E-state index contributed by atoms with van der Waals surface area (Å²) >= 11 is 5.08. The molecule has 0 aliphatic carbocycles. The van der Waals surface area contributed by atoms with Gasteiger partial charge in [-0.15, -0.1) is 0 Å². The van der Waals surface area contributed by atoms with Gasteiger partial charge in [0, 0.05) is 18.8 Å². The number of unbranched alkanes of at least 4 members (excludes halogenated alkanes) is 1. The van der Waals surface area contributed by atoms with Gasteiger partial charge in [0.15, 0.2) is 5.11 Å². The van der Waals surface area contributed by atoms with Crippen LogP contribution < -0.4 is 20.9 Å². The van der Waals surface area contributed by atoms with Crippen LogP contribution >= 0.6 is 12.2 Å². The van der Waals surface area contributed by atoms with E-state index in [1.807, 2.05) is 0 Å². The summed E-state index contributed by atoms with van der Waals surface area (Å²) in [6.45, 7) is 6.42. The highest BCUT2D eigenvalue weighted by Crippen LogP contribution is 2.10. The van der Waals surface area contributed by atoms with Crippen molar-refractivity contribution in [3.05, 3.63) is 18.3 Å². The van der Waals surface area contributed by atoms with Crippen LogP contribution in [0.5, 0.6) is 0 Å². The van der Waals surface area contributed by atoms with Gasteiger partial charge in [0.25, 0.3) is 0 Å². The van der Waals surface area contributed by atoms with Crippen molar-refractivity contribution in [2.24, 2.45) is 0 Å². The number of thiocarbonyl (C=S) groups is 1. The van der Waals surface area contributed by atoms with Crippen molar-refractivity contribution in [1.82, 2.24) is 20.4 Å². The summed E-state index contributed by atoms with van der Waals surface area (Å²) in [7, 11) is -3.52. The van der Waals surface area contributed by atoms with Crippen molar-refractivity contribution in [2.45, 2.75) is 44.6 Å². The molecule has 1 aromatic rings. The van der Waals surface area contributed by atoms with Crippen LogP contribution in [-0.2, 0) is 10.0 Å². The number of hydrazine groups is 1. The molecule has 124 valence electrons. The number of nitrogens with one attached hydrogen (secondary N) is 4. The van der Waals surface area contributed by atoms with Gasteiger partial charge in [0.2, 0.25) is 10.0 Å². The van der Waals surface area contributed by atoms with Crippen molar-refractivity contribution in [1.29, 1.82) is 0 Å². The van der Waals surface area contributed by atoms with Crippen LogP contribution in [0.15, 0.2) is 23.2 Å². The monoisotopic (exact) mass is 345 g/mol. The first kappa shape index (κ1) is 18.6. The van der Waals surface area contributed by atoms with Gasteiger partial charge in [0.05, 0.1) is 0 Å². The fourth-order valence-corrected chi connectivity index (χ4v) is 2.88. The summed E-state index contributed by atoms with van der Waals surface area (Å²) in [5.74, 6) is 0.475. The van der Waals surface area contributed by atoms with Crippen LogP contribution in [0.3, 0.4) is 0 Å². The molecule has 1 rings (SSSR count). The van der Waals surface area contributed by atoms with Gasteiger partial charge < -0.3 is 5.32 Å². The van der Waals surface area contributed by atoms with Crippen LogP contribution in [0.25, 0.3) is 0 Å². The summed E-state index contributed by atoms with van der Waals surface area (Å²) in [4.78, 5) is 4.16. The molecule has 0 saturated carbocycles. The second kappa shape index (κ2) is 8.86. The van der Waals surface area contributed by atoms with Gasteiger partial charge in [0.1, 0.15) is 10.7 Å². The van der Waals surface area contributed by atoms with E-state index in [0.717, 1.165) is 19.4 Å². The molecule has 0 aliphatic rings. The third kappa shape index (κ3) is 6.54. The van der Waals surface area contributed by atoms with E-state index < -0.39 is 10.0 Å². The van der Waals surface area contributed by atoms with E-state index in [1.165, 1.54) is 12.3 Å². The summed E-state index contributed by atoms with van der Waals surface area (Å²) in [5, 5.41) is 3.50. The Morgan fingerprint density at radius 3 is 2.64 bits per heavy atom. The highest BCUT2D eigenvalue weighted by atomic mass is 32.2. The minimum absolute atomic E-state index is 0.121. The van der Waals surface area contributed by atoms with Gasteiger partial charge in [-0.2, -0.15) is 0 Å². The zero-order chi connectivity index (χ0) is 16.6. The molecule has 22 heavy (non-hydrogen) atoms. The van der Waals surface area contributed by atoms with Crippen molar-refractivity contribution in [3.63, 3.8) is 0 Å². The first-order valence-corrected chi connectivity index (χ1v) is 9.02. The number of rotatable bonds is 8. The van der Waals surface area contributed by atoms with Gasteiger partial charge in [-0.3, -0.25) is 10.9 Å². The van der Waals surface area contributed by atoms with Crippen molar-refractivity contribution in [3.8, 4) is 0 Å². The molecule has 1 heterocycles. The molecular formula is C13H23N5O2S2. The lowest BCUT2D eigenvalue weighted by atomic mass is 10.3. The van der Waals surface area contributed by atoms with Crippen LogP contribution in [0, 0.1) is 0 Å². The Hall–Kier alpha value is -1.45. The predicted molar refractivity (Wildman–Crippen MR) is 92.0 cm³/mol. The minimum Gasteiger partial charge on any atom is -0.361 e. The van der Waals surface area contributed by atoms with Crippen molar-refractivity contribution >= 4 is 33.2 Å². The second-order valence-electron chi connectivity index (χ2n) is 5.01. The Balaban J connectivity index is 2.53. The Morgan fingerprint density at radius 1 is 1.36 bits per heavy atom. The predicted octanol–water partition coefficient (Wildman–Crippen LogP) is 1.36. The highest BCUT2D eigenvalue weighted by Gasteiger charge is 2.15. The van der Waals surface area contributed by atoms with Gasteiger partial charge in [-0.25, -0.2) is 18.1 Å². The Labute approximate surface area is 137 Å². The van der Waals surface area contributed by atoms with E-state index in [-0.39, 0.29) is 10.9 Å². The average molecular weight is 345 g/mol. The lowest BCUT2D eigenvalue weighted by Crippen LogP contribution is -2.39. The Kier molecular flexibility index (Phi) is 7.49. The summed E-state index contributed by atoms with van der Waals surface area (Å²) in [6, 6.07) is 2.88. The molecule has 0 aliphatic heterocycles. The second-order valence-corrected chi connectivity index (χ2v) is 7.14. The fraction of sp³-hybridized carbons (Fsp3) is 0.538. The molecule has 0 amide bonds. The summed E-state index contributed by atoms with van der Waals surface area (Å²) < 4.78 is 26.4. The molecule has 9 heteroatoms. The van der Waals surface area contributed by atoms with Gasteiger partial charge >= 0.3 is 0 Å². The van der Waals surface area contributed by atoms with E-state index in [2.05, 4.69) is 32.8 Å². The number of pyridine rings is 1. The summed E-state index contributed by atoms with van der Waals surface area (Å²) in [6.07, 6.45) is 3.42. The molecule has 0 aromatic carbocycles. The molecule has 7 nitrogen and oxygen atoms in total. The maximum Gasteiger partial charge on any atom is 0.242 e. The normalized spacial score (nSPS) is 11.3. The minimum atomic E-state index is -3.52. The number of aromatic nitrogens is 1. The topological polar surface area (TPSA) is 95.1 Å². The number of sulfonamides is 1. The molecular weight excluding hydrogens is 322 g/mol. The number of anilines is 1. The number of hydrogen-bond donors (Lipinski definition) is 4. The highest BCUT2D eigenvalue weighted by molar-refractivity contribution is 7.89. The first-order chi connectivity index (χ1) is 10.3. The molecule has 0 atom stereocenters. The maximum absolute atomic E-state index is 11.9. The summed E-state index contributed by atoms with van der Waals surface area (Å²) in [5.41, 5.74) is 5.60. The fourth-order valence-electron chi connectivity index (χ4n) is 1.54. The van der Waals surface area contributed by atoms with Crippen LogP contribution in [0.4, 0.5) is 5.82 Å². The Bertz CT molecular complexity index is 573. The lowest BCUT2D eigenvalue weighted by Gasteiger charge is -2.12. The van der Waals surface area contributed by atoms with E-state index in [9.17, 15) is 8.42 Å².